The zero-order valence-electron chi connectivity index (χ0n) is 10.1. The molecule has 98 valence electrons. The first-order valence-corrected chi connectivity index (χ1v) is 5.27. The monoisotopic (exact) mass is 246 g/mol. The number of urea groups is 1. The molecule has 0 aromatic rings. The first kappa shape index (κ1) is 15.2. The van der Waals surface area contributed by atoms with Gasteiger partial charge < -0.3 is 20.4 Å². The summed E-state index contributed by atoms with van der Waals surface area (Å²) in [5.41, 5.74) is 0. The van der Waals surface area contributed by atoms with Crippen molar-refractivity contribution >= 4 is 18.0 Å². The number of carbonyl (C=O) groups excluding carboxylic acids is 1. The molecule has 3 N–H and O–H groups in total. The van der Waals surface area contributed by atoms with Gasteiger partial charge in [-0.15, -0.1) is 0 Å². The number of nitrogens with one attached hydrogen (secondary N) is 1. The van der Waals surface area contributed by atoms with Crippen LogP contribution < -0.4 is 5.32 Å². The average Bonchev–Trinajstić information content (AvgIpc) is 2.25. The summed E-state index contributed by atoms with van der Waals surface area (Å²) in [5.74, 6) is -2.64. The number of carboxylic acids is 2. The number of hydrogen-bond donors (Lipinski definition) is 3. The maximum absolute atomic E-state index is 11.6. The van der Waals surface area contributed by atoms with E-state index in [1.807, 2.05) is 13.8 Å². The van der Waals surface area contributed by atoms with Gasteiger partial charge in [-0.1, -0.05) is 6.92 Å². The van der Waals surface area contributed by atoms with E-state index in [0.29, 0.717) is 0 Å². The van der Waals surface area contributed by atoms with Crippen LogP contribution in [-0.2, 0) is 9.59 Å². The number of carboxylic acid groups (broad SMARTS) is 2. The summed E-state index contributed by atoms with van der Waals surface area (Å²) in [6, 6.07) is -2.05. The normalized spacial score (nSPS) is 13.6. The van der Waals surface area contributed by atoms with Crippen molar-refractivity contribution < 1.29 is 24.6 Å². The standard InChI is InChI=1S/C10H18N2O5/c1-4-6(2)12(3)10(17)11-7(9(15)16)5-8(13)14/h6-7H,4-5H2,1-3H3,(H,11,17)(H,13,14)(H,15,16)/t6?,7-/m1/s1. The Morgan fingerprint density at radius 3 is 2.18 bits per heavy atom. The summed E-state index contributed by atoms with van der Waals surface area (Å²) >= 11 is 0. The number of nitrogens with zero attached hydrogens (tertiary/aromatic N) is 1. The van der Waals surface area contributed by atoms with E-state index in [1.54, 1.807) is 0 Å². The van der Waals surface area contributed by atoms with Gasteiger partial charge in [-0.05, 0) is 13.3 Å². The van der Waals surface area contributed by atoms with Gasteiger partial charge in [0.15, 0.2) is 0 Å². The largest absolute Gasteiger partial charge is 0.481 e. The molecule has 0 bridgehead atoms. The molecule has 0 aliphatic heterocycles. The van der Waals surface area contributed by atoms with Crippen LogP contribution in [0.3, 0.4) is 0 Å². The van der Waals surface area contributed by atoms with E-state index >= 15 is 0 Å². The molecule has 0 heterocycles. The minimum atomic E-state index is -1.41. The molecule has 0 saturated heterocycles. The van der Waals surface area contributed by atoms with E-state index in [0.717, 1.165) is 6.42 Å². The lowest BCUT2D eigenvalue weighted by Crippen LogP contribution is -2.49. The van der Waals surface area contributed by atoms with Crippen molar-refractivity contribution in [2.75, 3.05) is 7.05 Å². The number of amides is 2. The minimum Gasteiger partial charge on any atom is -0.481 e. The van der Waals surface area contributed by atoms with Crippen LogP contribution in [0.15, 0.2) is 0 Å². The summed E-state index contributed by atoms with van der Waals surface area (Å²) in [7, 11) is 1.53. The lowest BCUT2D eigenvalue weighted by Gasteiger charge is -2.25. The van der Waals surface area contributed by atoms with Crippen LogP contribution in [0, 0.1) is 0 Å². The molecule has 0 fully saturated rings. The zero-order chi connectivity index (χ0) is 13.6. The lowest BCUT2D eigenvalue weighted by molar-refractivity contribution is -0.145. The third-order valence-electron chi connectivity index (χ3n) is 2.55. The molecule has 1 unspecified atom stereocenters. The van der Waals surface area contributed by atoms with Gasteiger partial charge in [0.05, 0.1) is 6.42 Å². The molecule has 0 radical (unpaired) electrons. The van der Waals surface area contributed by atoms with Gasteiger partial charge in [-0.25, -0.2) is 9.59 Å². The first-order valence-electron chi connectivity index (χ1n) is 5.27. The number of rotatable bonds is 6. The van der Waals surface area contributed by atoms with Crippen molar-refractivity contribution in [1.29, 1.82) is 0 Å². The molecular formula is C10H18N2O5. The predicted molar refractivity (Wildman–Crippen MR) is 59.7 cm³/mol. The van der Waals surface area contributed by atoms with Crippen molar-refractivity contribution in [3.8, 4) is 0 Å². The van der Waals surface area contributed by atoms with Crippen molar-refractivity contribution in [2.45, 2.75) is 38.8 Å². The van der Waals surface area contributed by atoms with Gasteiger partial charge in [0, 0.05) is 13.1 Å². The van der Waals surface area contributed by atoms with Crippen LogP contribution in [0.1, 0.15) is 26.7 Å². The van der Waals surface area contributed by atoms with Crippen LogP contribution in [-0.4, -0.2) is 52.2 Å². The molecule has 0 rings (SSSR count). The highest BCUT2D eigenvalue weighted by Gasteiger charge is 2.25. The molecule has 0 aromatic carbocycles. The maximum Gasteiger partial charge on any atom is 0.326 e. The minimum absolute atomic E-state index is 0.0470. The van der Waals surface area contributed by atoms with Gasteiger partial charge in [0.25, 0.3) is 0 Å². The molecule has 17 heavy (non-hydrogen) atoms. The summed E-state index contributed by atoms with van der Waals surface area (Å²) < 4.78 is 0. The zero-order valence-corrected chi connectivity index (χ0v) is 10.1. The molecule has 2 atom stereocenters. The molecule has 7 nitrogen and oxygen atoms in total. The molecule has 0 aliphatic carbocycles. The van der Waals surface area contributed by atoms with Crippen LogP contribution in [0.4, 0.5) is 4.79 Å². The van der Waals surface area contributed by atoms with E-state index in [9.17, 15) is 14.4 Å². The second kappa shape index (κ2) is 6.72. The van der Waals surface area contributed by atoms with Gasteiger partial charge >= 0.3 is 18.0 Å². The van der Waals surface area contributed by atoms with E-state index < -0.39 is 30.4 Å². The highest BCUT2D eigenvalue weighted by atomic mass is 16.4. The van der Waals surface area contributed by atoms with Crippen molar-refractivity contribution in [3.05, 3.63) is 0 Å². The highest BCUT2D eigenvalue weighted by molar-refractivity contribution is 5.86. The van der Waals surface area contributed by atoms with Crippen molar-refractivity contribution in [2.24, 2.45) is 0 Å². The summed E-state index contributed by atoms with van der Waals surface area (Å²) in [4.78, 5) is 34.1. The summed E-state index contributed by atoms with van der Waals surface area (Å²) in [6.45, 7) is 3.70. The highest BCUT2D eigenvalue weighted by Crippen LogP contribution is 2.02. The van der Waals surface area contributed by atoms with E-state index in [-0.39, 0.29) is 6.04 Å². The third-order valence-corrected chi connectivity index (χ3v) is 2.55. The number of hydrogen-bond acceptors (Lipinski definition) is 3. The van der Waals surface area contributed by atoms with Crippen molar-refractivity contribution in [1.82, 2.24) is 10.2 Å². The molecule has 0 aliphatic rings. The first-order chi connectivity index (χ1) is 7.79. The second-order valence-corrected chi connectivity index (χ2v) is 3.81. The smallest absolute Gasteiger partial charge is 0.326 e. The van der Waals surface area contributed by atoms with E-state index in [2.05, 4.69) is 5.32 Å². The fourth-order valence-electron chi connectivity index (χ4n) is 1.10. The SMILES string of the molecule is CCC(C)N(C)C(=O)N[C@H](CC(=O)O)C(=O)O. The maximum atomic E-state index is 11.6. The number of carbonyl (C=O) groups is 3. The Kier molecular flexibility index (Phi) is 6.01. The van der Waals surface area contributed by atoms with E-state index in [1.165, 1.54) is 11.9 Å². The quantitative estimate of drug-likeness (QED) is 0.627. The predicted octanol–water partition coefficient (Wildman–Crippen LogP) is 0.354. The molecule has 0 aromatic heterocycles. The molecular weight excluding hydrogens is 228 g/mol. The van der Waals surface area contributed by atoms with Crippen LogP contribution >= 0.6 is 0 Å². The fraction of sp³-hybridized carbons (Fsp3) is 0.700. The van der Waals surface area contributed by atoms with Gasteiger partial charge in [-0.2, -0.15) is 0 Å². The van der Waals surface area contributed by atoms with Gasteiger partial charge in [0.1, 0.15) is 6.04 Å². The van der Waals surface area contributed by atoms with Crippen LogP contribution in [0.2, 0.25) is 0 Å². The number of aliphatic carboxylic acids is 2. The Morgan fingerprint density at radius 1 is 1.29 bits per heavy atom. The summed E-state index contributed by atoms with van der Waals surface area (Å²) in [5, 5.41) is 19.4. The van der Waals surface area contributed by atoms with E-state index in [4.69, 9.17) is 10.2 Å². The fourth-order valence-corrected chi connectivity index (χ4v) is 1.10. The van der Waals surface area contributed by atoms with Crippen LogP contribution in [0.5, 0.6) is 0 Å². The third kappa shape index (κ3) is 5.19. The Bertz CT molecular complexity index is 305. The second-order valence-electron chi connectivity index (χ2n) is 3.81. The summed E-state index contributed by atoms with van der Waals surface area (Å²) in [6.07, 6.45) is 0.0794. The Morgan fingerprint density at radius 2 is 1.82 bits per heavy atom. The average molecular weight is 246 g/mol. The van der Waals surface area contributed by atoms with Crippen LogP contribution in [0.25, 0.3) is 0 Å². The molecule has 2 amide bonds. The Hall–Kier alpha value is -1.79. The molecule has 0 saturated carbocycles. The van der Waals surface area contributed by atoms with Gasteiger partial charge in [0.2, 0.25) is 0 Å². The Labute approximate surface area is 99.4 Å². The molecule has 0 spiro atoms. The lowest BCUT2D eigenvalue weighted by atomic mass is 10.2. The molecule has 7 heteroatoms. The van der Waals surface area contributed by atoms with Gasteiger partial charge in [-0.3, -0.25) is 4.79 Å². The Balaban J connectivity index is 4.50. The van der Waals surface area contributed by atoms with Crippen molar-refractivity contribution in [3.63, 3.8) is 0 Å². The topological polar surface area (TPSA) is 107 Å².